The standard InChI is InChI=1S/C6H7NO5S/c8-6(9)5(13(10,11)12)7-3-1-2-4-7/h1-5H,(H,8,9)(H,10,11,12). The lowest BCUT2D eigenvalue weighted by Gasteiger charge is -2.09. The lowest BCUT2D eigenvalue weighted by molar-refractivity contribution is -0.138. The van der Waals surface area contributed by atoms with Crippen LogP contribution in [0.5, 0.6) is 0 Å². The van der Waals surface area contributed by atoms with Crippen molar-refractivity contribution in [2.24, 2.45) is 0 Å². The highest BCUT2D eigenvalue weighted by Gasteiger charge is 2.31. The first-order valence-electron chi connectivity index (χ1n) is 3.24. The van der Waals surface area contributed by atoms with E-state index in [0.29, 0.717) is 0 Å². The fourth-order valence-electron chi connectivity index (χ4n) is 0.913. The molecule has 7 heteroatoms. The minimum Gasteiger partial charge on any atom is -0.479 e. The molecule has 1 aromatic heterocycles. The Hall–Kier alpha value is -1.34. The van der Waals surface area contributed by atoms with Crippen LogP contribution in [-0.2, 0) is 14.9 Å². The molecule has 72 valence electrons. The zero-order chi connectivity index (χ0) is 10.1. The molecule has 6 nitrogen and oxygen atoms in total. The van der Waals surface area contributed by atoms with Gasteiger partial charge in [-0.15, -0.1) is 0 Å². The number of hydrogen-bond acceptors (Lipinski definition) is 3. The van der Waals surface area contributed by atoms with Crippen LogP contribution in [0.15, 0.2) is 24.5 Å². The molecule has 0 amide bonds. The smallest absolute Gasteiger partial charge is 0.345 e. The van der Waals surface area contributed by atoms with Crippen molar-refractivity contribution in [3.05, 3.63) is 24.5 Å². The molecule has 0 spiro atoms. The van der Waals surface area contributed by atoms with E-state index in [-0.39, 0.29) is 0 Å². The molecule has 1 unspecified atom stereocenters. The number of aliphatic carboxylic acids is 1. The average Bonchev–Trinajstić information content (AvgIpc) is 2.34. The molecule has 1 heterocycles. The van der Waals surface area contributed by atoms with Gasteiger partial charge in [0.2, 0.25) is 0 Å². The fraction of sp³-hybridized carbons (Fsp3) is 0.167. The van der Waals surface area contributed by atoms with Gasteiger partial charge in [-0.05, 0) is 12.1 Å². The van der Waals surface area contributed by atoms with Gasteiger partial charge < -0.3 is 9.67 Å². The summed E-state index contributed by atoms with van der Waals surface area (Å²) in [5, 5.41) is 6.55. The van der Waals surface area contributed by atoms with E-state index < -0.39 is 21.5 Å². The van der Waals surface area contributed by atoms with Gasteiger partial charge in [0.15, 0.2) is 0 Å². The second-order valence-electron chi connectivity index (χ2n) is 2.34. The first kappa shape index (κ1) is 9.75. The maximum atomic E-state index is 10.6. The summed E-state index contributed by atoms with van der Waals surface area (Å²) < 4.78 is 30.7. The van der Waals surface area contributed by atoms with Crippen LogP contribution in [0.4, 0.5) is 0 Å². The Morgan fingerprint density at radius 1 is 1.31 bits per heavy atom. The van der Waals surface area contributed by atoms with Crippen molar-refractivity contribution in [3.63, 3.8) is 0 Å². The molecule has 0 aromatic carbocycles. The molecule has 1 atom stereocenters. The quantitative estimate of drug-likeness (QED) is 0.675. The SMILES string of the molecule is O=C(O)C(n1cccc1)S(=O)(=O)O. The summed E-state index contributed by atoms with van der Waals surface area (Å²) in [7, 11) is -4.62. The molecular formula is C6H7NO5S. The van der Waals surface area contributed by atoms with Gasteiger partial charge >= 0.3 is 5.97 Å². The number of carboxylic acid groups (broad SMARTS) is 1. The van der Waals surface area contributed by atoms with E-state index in [2.05, 4.69) is 0 Å². The lowest BCUT2D eigenvalue weighted by Crippen LogP contribution is -2.26. The average molecular weight is 205 g/mol. The summed E-state index contributed by atoms with van der Waals surface area (Å²) in [4.78, 5) is 10.5. The topological polar surface area (TPSA) is 96.6 Å². The first-order chi connectivity index (χ1) is 5.93. The van der Waals surface area contributed by atoms with Crippen molar-refractivity contribution in [2.75, 3.05) is 0 Å². The van der Waals surface area contributed by atoms with Crippen molar-refractivity contribution >= 4 is 16.1 Å². The minimum absolute atomic E-state index is 0.887. The maximum absolute atomic E-state index is 10.6. The number of hydrogen-bond donors (Lipinski definition) is 2. The number of carbonyl (C=O) groups is 1. The normalized spacial score (nSPS) is 13.9. The van der Waals surface area contributed by atoms with Crippen LogP contribution in [0, 0.1) is 0 Å². The van der Waals surface area contributed by atoms with Crippen LogP contribution in [0.3, 0.4) is 0 Å². The van der Waals surface area contributed by atoms with E-state index in [0.717, 1.165) is 4.57 Å². The van der Waals surface area contributed by atoms with Crippen molar-refractivity contribution in [1.82, 2.24) is 4.57 Å². The Morgan fingerprint density at radius 3 is 2.08 bits per heavy atom. The highest BCUT2D eigenvalue weighted by atomic mass is 32.2. The third-order valence-electron chi connectivity index (χ3n) is 1.39. The van der Waals surface area contributed by atoms with E-state index in [1.807, 2.05) is 0 Å². The van der Waals surface area contributed by atoms with Crippen molar-refractivity contribution in [1.29, 1.82) is 0 Å². The zero-order valence-electron chi connectivity index (χ0n) is 6.36. The summed E-state index contributed by atoms with van der Waals surface area (Å²) in [6.45, 7) is 0. The van der Waals surface area contributed by atoms with Crippen molar-refractivity contribution < 1.29 is 22.9 Å². The summed E-state index contributed by atoms with van der Waals surface area (Å²) in [5.41, 5.74) is 0. The maximum Gasteiger partial charge on any atom is 0.345 e. The van der Waals surface area contributed by atoms with Gasteiger partial charge in [-0.3, -0.25) is 4.55 Å². The number of aromatic nitrogens is 1. The molecule has 0 aliphatic heterocycles. The molecule has 0 saturated carbocycles. The fourth-order valence-corrected chi connectivity index (χ4v) is 1.62. The molecule has 0 aliphatic rings. The monoisotopic (exact) mass is 205 g/mol. The summed E-state index contributed by atoms with van der Waals surface area (Å²) in [6, 6.07) is 2.92. The molecule has 0 saturated heterocycles. The van der Waals surface area contributed by atoms with Gasteiger partial charge in [-0.1, -0.05) is 0 Å². The third-order valence-corrected chi connectivity index (χ3v) is 2.40. The molecule has 0 fully saturated rings. The second kappa shape index (κ2) is 3.19. The van der Waals surface area contributed by atoms with Crippen LogP contribution in [-0.4, -0.2) is 28.6 Å². The molecular weight excluding hydrogens is 198 g/mol. The van der Waals surface area contributed by atoms with E-state index >= 15 is 0 Å². The summed E-state index contributed by atoms with van der Waals surface area (Å²) in [5.74, 6) is -1.63. The Labute approximate surface area is 74.2 Å². The van der Waals surface area contributed by atoms with E-state index in [1.54, 1.807) is 0 Å². The highest BCUT2D eigenvalue weighted by Crippen LogP contribution is 2.13. The van der Waals surface area contributed by atoms with Crippen molar-refractivity contribution in [3.8, 4) is 0 Å². The summed E-state index contributed by atoms with van der Waals surface area (Å²) in [6.07, 6.45) is 2.49. The predicted molar refractivity (Wildman–Crippen MR) is 42.7 cm³/mol. The third kappa shape index (κ3) is 2.07. The predicted octanol–water partition coefficient (Wildman–Crippen LogP) is -0.0409. The Kier molecular flexibility index (Phi) is 2.39. The van der Waals surface area contributed by atoms with Crippen LogP contribution < -0.4 is 0 Å². The number of carboxylic acids is 1. The van der Waals surface area contributed by atoms with Gasteiger partial charge in [0.05, 0.1) is 0 Å². The lowest BCUT2D eigenvalue weighted by atomic mass is 10.6. The summed E-state index contributed by atoms with van der Waals surface area (Å²) >= 11 is 0. The van der Waals surface area contributed by atoms with Crippen LogP contribution in [0.25, 0.3) is 0 Å². The van der Waals surface area contributed by atoms with Crippen LogP contribution in [0.1, 0.15) is 5.37 Å². The van der Waals surface area contributed by atoms with Gasteiger partial charge in [0.1, 0.15) is 0 Å². The molecule has 1 aromatic rings. The number of nitrogens with zero attached hydrogens (tertiary/aromatic N) is 1. The highest BCUT2D eigenvalue weighted by molar-refractivity contribution is 7.86. The largest absolute Gasteiger partial charge is 0.479 e. The Morgan fingerprint density at radius 2 is 1.77 bits per heavy atom. The van der Waals surface area contributed by atoms with E-state index in [4.69, 9.17) is 9.66 Å². The molecule has 1 rings (SSSR count). The van der Waals surface area contributed by atoms with Gasteiger partial charge in [-0.25, -0.2) is 4.79 Å². The van der Waals surface area contributed by atoms with Crippen LogP contribution in [0.2, 0.25) is 0 Å². The molecule has 2 N–H and O–H groups in total. The van der Waals surface area contributed by atoms with Gasteiger partial charge in [0.25, 0.3) is 15.5 Å². The molecule has 0 radical (unpaired) electrons. The van der Waals surface area contributed by atoms with Crippen LogP contribution >= 0.6 is 0 Å². The Balaban J connectivity index is 3.17. The second-order valence-corrected chi connectivity index (χ2v) is 3.81. The Bertz CT molecular complexity index is 393. The molecule has 13 heavy (non-hydrogen) atoms. The van der Waals surface area contributed by atoms with Gasteiger partial charge in [-0.2, -0.15) is 8.42 Å². The van der Waals surface area contributed by atoms with E-state index in [9.17, 15) is 13.2 Å². The minimum atomic E-state index is -4.62. The molecule has 0 aliphatic carbocycles. The molecule has 0 bridgehead atoms. The van der Waals surface area contributed by atoms with E-state index in [1.165, 1.54) is 24.5 Å². The van der Waals surface area contributed by atoms with Gasteiger partial charge in [0, 0.05) is 12.4 Å². The first-order valence-corrected chi connectivity index (χ1v) is 4.75. The zero-order valence-corrected chi connectivity index (χ0v) is 7.18. The van der Waals surface area contributed by atoms with Crippen molar-refractivity contribution in [2.45, 2.75) is 5.37 Å². The number of rotatable bonds is 3.